The van der Waals surface area contributed by atoms with Crippen molar-refractivity contribution in [3.8, 4) is 0 Å². The Morgan fingerprint density at radius 3 is 2.67 bits per heavy atom. The lowest BCUT2D eigenvalue weighted by molar-refractivity contribution is 0.0784. The third-order valence-electron chi connectivity index (χ3n) is 4.46. The molecule has 1 aromatic carbocycles. The van der Waals surface area contributed by atoms with Gasteiger partial charge in [0.05, 0.1) is 0 Å². The van der Waals surface area contributed by atoms with E-state index in [0.29, 0.717) is 11.8 Å². The van der Waals surface area contributed by atoms with Gasteiger partial charge in [0.15, 0.2) is 0 Å². The van der Waals surface area contributed by atoms with Gasteiger partial charge in [-0.1, -0.05) is 18.2 Å². The summed E-state index contributed by atoms with van der Waals surface area (Å²) in [5.41, 5.74) is 2.45. The van der Waals surface area contributed by atoms with Gasteiger partial charge >= 0.3 is 0 Å². The van der Waals surface area contributed by atoms with Crippen LogP contribution >= 0.6 is 0 Å². The van der Waals surface area contributed by atoms with Crippen LogP contribution in [0.25, 0.3) is 0 Å². The average molecular weight is 246 g/mol. The van der Waals surface area contributed by atoms with Crippen molar-refractivity contribution < 1.29 is 5.11 Å². The fraction of sp³-hybridized carbons (Fsp3) is 0.600. The lowest BCUT2D eigenvalue weighted by atomic mass is 9.81. The van der Waals surface area contributed by atoms with Gasteiger partial charge in [-0.25, -0.2) is 0 Å². The molecule has 0 aliphatic carbocycles. The van der Waals surface area contributed by atoms with E-state index in [1.54, 1.807) is 0 Å². The van der Waals surface area contributed by atoms with Gasteiger partial charge in [-0.05, 0) is 56.3 Å². The van der Waals surface area contributed by atoms with Gasteiger partial charge in [0.25, 0.3) is 0 Å². The van der Waals surface area contributed by atoms with Gasteiger partial charge in [0.1, 0.15) is 6.23 Å². The number of fused-ring (bicyclic) bond motifs is 1. The van der Waals surface area contributed by atoms with Gasteiger partial charge in [-0.15, -0.1) is 0 Å². The van der Waals surface area contributed by atoms with E-state index < -0.39 is 6.23 Å². The van der Waals surface area contributed by atoms with Crippen LogP contribution < -0.4 is 10.6 Å². The third kappa shape index (κ3) is 2.38. The molecule has 0 radical (unpaired) electrons. The molecule has 3 nitrogen and oxygen atoms in total. The number of piperidine rings is 1. The summed E-state index contributed by atoms with van der Waals surface area (Å²) in [5, 5.41) is 17.1. The second-order valence-corrected chi connectivity index (χ2v) is 5.54. The maximum Gasteiger partial charge on any atom is 0.127 e. The van der Waals surface area contributed by atoms with E-state index in [0.717, 1.165) is 31.6 Å². The Bertz CT molecular complexity index is 401. The molecule has 0 saturated carbocycles. The summed E-state index contributed by atoms with van der Waals surface area (Å²) in [4.78, 5) is 0. The van der Waals surface area contributed by atoms with Crippen molar-refractivity contribution in [1.29, 1.82) is 0 Å². The molecule has 0 bridgehead atoms. The number of aliphatic hydroxyl groups is 1. The second-order valence-electron chi connectivity index (χ2n) is 5.54. The third-order valence-corrected chi connectivity index (χ3v) is 4.46. The largest absolute Gasteiger partial charge is 0.374 e. The molecule has 3 rings (SSSR count). The quantitative estimate of drug-likeness (QED) is 0.710. The first kappa shape index (κ1) is 12.0. The van der Waals surface area contributed by atoms with Crippen molar-refractivity contribution >= 4 is 5.69 Å². The van der Waals surface area contributed by atoms with Crippen LogP contribution in [-0.2, 0) is 6.42 Å². The van der Waals surface area contributed by atoms with Crippen LogP contribution in [0.3, 0.4) is 0 Å². The van der Waals surface area contributed by atoms with E-state index in [4.69, 9.17) is 0 Å². The van der Waals surface area contributed by atoms with Crippen LogP contribution in [0.2, 0.25) is 0 Å². The van der Waals surface area contributed by atoms with E-state index in [2.05, 4.69) is 28.8 Å². The zero-order valence-corrected chi connectivity index (χ0v) is 10.7. The van der Waals surface area contributed by atoms with Crippen molar-refractivity contribution in [2.45, 2.75) is 31.9 Å². The summed E-state index contributed by atoms with van der Waals surface area (Å²) < 4.78 is 0. The molecule has 1 fully saturated rings. The van der Waals surface area contributed by atoms with Crippen LogP contribution in [-0.4, -0.2) is 24.4 Å². The Morgan fingerprint density at radius 2 is 1.83 bits per heavy atom. The number of aryl methyl sites for hydroxylation is 1. The van der Waals surface area contributed by atoms with E-state index in [-0.39, 0.29) is 0 Å². The molecule has 2 heterocycles. The van der Waals surface area contributed by atoms with E-state index in [9.17, 15) is 5.11 Å². The number of aliphatic hydroxyl groups excluding tert-OH is 1. The smallest absolute Gasteiger partial charge is 0.127 e. The Morgan fingerprint density at radius 1 is 1.06 bits per heavy atom. The molecule has 1 aromatic rings. The standard InChI is InChI=1S/C15H22N2O/c18-15-13(11-7-9-16-10-8-11)6-5-12-3-1-2-4-14(12)17-15/h1-4,11,13,15-18H,5-10H2. The van der Waals surface area contributed by atoms with Gasteiger partial charge in [-0.2, -0.15) is 0 Å². The molecule has 1 saturated heterocycles. The summed E-state index contributed by atoms with van der Waals surface area (Å²) in [6.45, 7) is 2.20. The molecule has 3 N–H and O–H groups in total. The van der Waals surface area contributed by atoms with Gasteiger partial charge in [-0.3, -0.25) is 0 Å². The summed E-state index contributed by atoms with van der Waals surface area (Å²) >= 11 is 0. The highest BCUT2D eigenvalue weighted by atomic mass is 16.3. The molecule has 2 atom stereocenters. The minimum absolute atomic E-state index is 0.388. The van der Waals surface area contributed by atoms with Crippen molar-refractivity contribution in [2.75, 3.05) is 18.4 Å². The SMILES string of the molecule is OC1Nc2ccccc2CCC1C1CCNCC1. The first-order valence-corrected chi connectivity index (χ1v) is 7.08. The van der Waals surface area contributed by atoms with Crippen LogP contribution in [0.15, 0.2) is 24.3 Å². The van der Waals surface area contributed by atoms with Crippen LogP contribution in [0.5, 0.6) is 0 Å². The summed E-state index contributed by atoms with van der Waals surface area (Å²) in [6.07, 6.45) is 4.17. The maximum atomic E-state index is 10.4. The summed E-state index contributed by atoms with van der Waals surface area (Å²) in [5.74, 6) is 1.04. The Hall–Kier alpha value is -1.06. The highest BCUT2D eigenvalue weighted by Gasteiger charge is 2.31. The average Bonchev–Trinajstić information content (AvgIpc) is 2.58. The zero-order valence-electron chi connectivity index (χ0n) is 10.7. The van der Waals surface area contributed by atoms with Crippen molar-refractivity contribution in [1.82, 2.24) is 5.32 Å². The Kier molecular flexibility index (Phi) is 3.52. The zero-order chi connectivity index (χ0) is 12.4. The van der Waals surface area contributed by atoms with Gasteiger partial charge < -0.3 is 15.7 Å². The maximum absolute atomic E-state index is 10.4. The van der Waals surface area contributed by atoms with E-state index >= 15 is 0 Å². The topological polar surface area (TPSA) is 44.3 Å². The number of nitrogens with one attached hydrogen (secondary N) is 2. The van der Waals surface area contributed by atoms with E-state index in [1.165, 1.54) is 18.4 Å². The van der Waals surface area contributed by atoms with Crippen LogP contribution in [0.4, 0.5) is 5.69 Å². The summed E-state index contributed by atoms with van der Waals surface area (Å²) in [6, 6.07) is 8.35. The molecule has 2 unspecified atom stereocenters. The molecule has 2 aliphatic rings. The number of benzene rings is 1. The fourth-order valence-corrected chi connectivity index (χ4v) is 3.39. The number of para-hydroxylation sites is 1. The normalized spacial score (nSPS) is 29.2. The minimum Gasteiger partial charge on any atom is -0.374 e. The van der Waals surface area contributed by atoms with Crippen LogP contribution in [0, 0.1) is 11.8 Å². The summed E-state index contributed by atoms with van der Waals surface area (Å²) in [7, 11) is 0. The number of hydrogen-bond acceptors (Lipinski definition) is 3. The predicted octanol–water partition coefficient (Wildman–Crippen LogP) is 1.98. The lowest BCUT2D eigenvalue weighted by Gasteiger charge is -2.33. The molecular formula is C15H22N2O. The lowest BCUT2D eigenvalue weighted by Crippen LogP contribution is -2.38. The number of hydrogen-bond donors (Lipinski definition) is 3. The van der Waals surface area contributed by atoms with Gasteiger partial charge in [0.2, 0.25) is 0 Å². The van der Waals surface area contributed by atoms with E-state index in [1.807, 2.05) is 6.07 Å². The molecule has 3 heteroatoms. The van der Waals surface area contributed by atoms with Crippen molar-refractivity contribution in [2.24, 2.45) is 11.8 Å². The molecule has 18 heavy (non-hydrogen) atoms. The molecule has 98 valence electrons. The van der Waals surface area contributed by atoms with Crippen LogP contribution in [0.1, 0.15) is 24.8 Å². The predicted molar refractivity (Wildman–Crippen MR) is 73.5 cm³/mol. The van der Waals surface area contributed by atoms with Crippen molar-refractivity contribution in [3.63, 3.8) is 0 Å². The molecular weight excluding hydrogens is 224 g/mol. The number of anilines is 1. The first-order chi connectivity index (χ1) is 8.84. The number of rotatable bonds is 1. The molecule has 0 spiro atoms. The molecule has 0 aromatic heterocycles. The monoisotopic (exact) mass is 246 g/mol. The highest BCUT2D eigenvalue weighted by Crippen LogP contribution is 2.33. The highest BCUT2D eigenvalue weighted by molar-refractivity contribution is 5.52. The molecule has 2 aliphatic heterocycles. The Balaban J connectivity index is 1.75. The Labute approximate surface area is 109 Å². The fourth-order valence-electron chi connectivity index (χ4n) is 3.39. The molecule has 0 amide bonds. The minimum atomic E-state index is -0.392. The van der Waals surface area contributed by atoms with Gasteiger partial charge in [0, 0.05) is 11.6 Å². The second kappa shape index (κ2) is 5.29. The first-order valence-electron chi connectivity index (χ1n) is 7.08. The van der Waals surface area contributed by atoms with Crippen molar-refractivity contribution in [3.05, 3.63) is 29.8 Å².